The average Bonchev–Trinajstić information content (AvgIpc) is 2.49. The van der Waals surface area contributed by atoms with Crippen molar-refractivity contribution in [3.63, 3.8) is 0 Å². The summed E-state index contributed by atoms with van der Waals surface area (Å²) in [4.78, 5) is 12.0. The largest absolute Gasteiger partial charge is 0.492 e. The molecule has 0 aliphatic heterocycles. The number of carbonyl (C=O) groups excluding carboxylic acids is 1. The summed E-state index contributed by atoms with van der Waals surface area (Å²) in [7, 11) is 0. The predicted molar refractivity (Wildman–Crippen MR) is 90.5 cm³/mol. The molecule has 22 heavy (non-hydrogen) atoms. The monoisotopic (exact) mass is 298 g/mol. The molecular formula is C18H22N2O2. The lowest BCUT2D eigenvalue weighted by atomic mass is 10.2. The van der Waals surface area contributed by atoms with Gasteiger partial charge >= 0.3 is 0 Å². The van der Waals surface area contributed by atoms with Crippen LogP contribution in [0.1, 0.15) is 18.9 Å². The summed E-state index contributed by atoms with van der Waals surface area (Å²) in [5.41, 5.74) is 2.94. The fraction of sp³-hybridized carbons (Fsp3) is 0.278. The summed E-state index contributed by atoms with van der Waals surface area (Å²) in [5, 5.41) is 6.14. The van der Waals surface area contributed by atoms with Crippen LogP contribution >= 0.6 is 0 Å². The number of aryl methyl sites for hydroxylation is 1. The van der Waals surface area contributed by atoms with Gasteiger partial charge in [-0.1, -0.05) is 24.3 Å². The molecule has 116 valence electrons. The fourth-order valence-electron chi connectivity index (χ4n) is 2.14. The van der Waals surface area contributed by atoms with Gasteiger partial charge in [0, 0.05) is 18.7 Å². The maximum absolute atomic E-state index is 12.0. The van der Waals surface area contributed by atoms with Crippen molar-refractivity contribution < 1.29 is 9.53 Å². The molecule has 2 N–H and O–H groups in total. The number of hydrogen-bond donors (Lipinski definition) is 2. The molecule has 2 aromatic carbocycles. The molecule has 0 spiro atoms. The quantitative estimate of drug-likeness (QED) is 0.816. The van der Waals surface area contributed by atoms with Crippen LogP contribution in [0, 0.1) is 6.92 Å². The molecule has 4 heteroatoms. The van der Waals surface area contributed by atoms with Gasteiger partial charge in [0.25, 0.3) is 0 Å². The Hall–Kier alpha value is -2.49. The van der Waals surface area contributed by atoms with Crippen molar-refractivity contribution in [2.24, 2.45) is 0 Å². The molecule has 0 unspecified atom stereocenters. The van der Waals surface area contributed by atoms with Crippen LogP contribution in [0.5, 0.6) is 5.75 Å². The van der Waals surface area contributed by atoms with E-state index in [1.54, 1.807) is 0 Å². The predicted octanol–water partition coefficient (Wildman–Crippen LogP) is 3.83. The minimum absolute atomic E-state index is 0.0349. The molecule has 2 aromatic rings. The number of hydrogen-bond acceptors (Lipinski definition) is 3. The van der Waals surface area contributed by atoms with E-state index in [0.717, 1.165) is 5.69 Å². The maximum atomic E-state index is 12.0. The zero-order valence-electron chi connectivity index (χ0n) is 13.1. The molecule has 0 aromatic heterocycles. The molecule has 0 heterocycles. The van der Waals surface area contributed by atoms with Crippen molar-refractivity contribution in [1.82, 2.24) is 0 Å². The lowest BCUT2D eigenvalue weighted by Gasteiger charge is -2.11. The van der Waals surface area contributed by atoms with Gasteiger partial charge in [0.2, 0.25) is 5.91 Å². The van der Waals surface area contributed by atoms with Crippen LogP contribution in [-0.2, 0) is 4.79 Å². The van der Waals surface area contributed by atoms with E-state index in [4.69, 9.17) is 4.74 Å². The van der Waals surface area contributed by atoms with E-state index in [2.05, 4.69) is 16.7 Å². The second kappa shape index (κ2) is 8.08. The standard InChI is InChI=1S/C18H22N2O2/c1-3-22-17-10-5-4-9-16(17)20-18(21)11-12-19-15-8-6-7-14(2)13-15/h4-10,13,19H,3,11-12H2,1-2H3,(H,20,21). The number of ether oxygens (including phenoxy) is 1. The summed E-state index contributed by atoms with van der Waals surface area (Å²) in [6.07, 6.45) is 0.397. The van der Waals surface area contributed by atoms with E-state index >= 15 is 0 Å². The number of rotatable bonds is 7. The van der Waals surface area contributed by atoms with Crippen LogP contribution in [0.2, 0.25) is 0 Å². The van der Waals surface area contributed by atoms with Crippen molar-refractivity contribution in [3.8, 4) is 5.75 Å². The van der Waals surface area contributed by atoms with Gasteiger partial charge in [-0.3, -0.25) is 4.79 Å². The van der Waals surface area contributed by atoms with Crippen molar-refractivity contribution in [1.29, 1.82) is 0 Å². The lowest BCUT2D eigenvalue weighted by molar-refractivity contribution is -0.116. The van der Waals surface area contributed by atoms with Gasteiger partial charge < -0.3 is 15.4 Å². The molecule has 0 saturated carbocycles. The SMILES string of the molecule is CCOc1ccccc1NC(=O)CCNc1cccc(C)c1. The number of carbonyl (C=O) groups is 1. The first-order chi connectivity index (χ1) is 10.7. The third-order valence-corrected chi connectivity index (χ3v) is 3.16. The van der Waals surface area contributed by atoms with Crippen molar-refractivity contribution in [2.45, 2.75) is 20.3 Å². The molecule has 0 atom stereocenters. The first kappa shape index (κ1) is 15.9. The Bertz CT molecular complexity index is 626. The third-order valence-electron chi connectivity index (χ3n) is 3.16. The van der Waals surface area contributed by atoms with E-state index in [-0.39, 0.29) is 5.91 Å². The van der Waals surface area contributed by atoms with Gasteiger partial charge in [0.05, 0.1) is 12.3 Å². The van der Waals surface area contributed by atoms with Gasteiger partial charge in [0.15, 0.2) is 0 Å². The first-order valence-corrected chi connectivity index (χ1v) is 7.51. The highest BCUT2D eigenvalue weighted by Gasteiger charge is 2.07. The number of para-hydroxylation sites is 2. The number of amides is 1. The Morgan fingerprint density at radius 3 is 2.73 bits per heavy atom. The Labute approximate surface area is 131 Å². The van der Waals surface area contributed by atoms with Crippen LogP contribution in [0.25, 0.3) is 0 Å². The Kier molecular flexibility index (Phi) is 5.83. The van der Waals surface area contributed by atoms with Crippen LogP contribution in [0.15, 0.2) is 48.5 Å². The summed E-state index contributed by atoms with van der Waals surface area (Å²) < 4.78 is 5.49. The topological polar surface area (TPSA) is 50.4 Å². The lowest BCUT2D eigenvalue weighted by Crippen LogP contribution is -2.16. The second-order valence-electron chi connectivity index (χ2n) is 5.02. The van der Waals surface area contributed by atoms with Gasteiger partial charge in [-0.15, -0.1) is 0 Å². The normalized spacial score (nSPS) is 10.1. The summed E-state index contributed by atoms with van der Waals surface area (Å²) in [6.45, 7) is 5.13. The van der Waals surface area contributed by atoms with E-state index in [1.807, 2.05) is 56.3 Å². The molecule has 1 amide bonds. The zero-order valence-corrected chi connectivity index (χ0v) is 13.1. The number of anilines is 2. The molecule has 0 saturated heterocycles. The van der Waals surface area contributed by atoms with Crippen LogP contribution in [-0.4, -0.2) is 19.1 Å². The highest BCUT2D eigenvalue weighted by Crippen LogP contribution is 2.23. The van der Waals surface area contributed by atoms with Gasteiger partial charge in [-0.2, -0.15) is 0 Å². The van der Waals surface area contributed by atoms with Crippen molar-refractivity contribution in [2.75, 3.05) is 23.8 Å². The van der Waals surface area contributed by atoms with Crippen LogP contribution in [0.4, 0.5) is 11.4 Å². The van der Waals surface area contributed by atoms with Gasteiger partial charge in [-0.25, -0.2) is 0 Å². The molecule has 2 rings (SSSR count). The molecule has 0 radical (unpaired) electrons. The smallest absolute Gasteiger partial charge is 0.226 e. The Balaban J connectivity index is 1.83. The van der Waals surface area contributed by atoms with Crippen molar-refractivity contribution >= 4 is 17.3 Å². The molecule has 0 aliphatic rings. The number of benzene rings is 2. The highest BCUT2D eigenvalue weighted by atomic mass is 16.5. The molecular weight excluding hydrogens is 276 g/mol. The first-order valence-electron chi connectivity index (χ1n) is 7.51. The Morgan fingerprint density at radius 1 is 1.14 bits per heavy atom. The van der Waals surface area contributed by atoms with Crippen LogP contribution in [0.3, 0.4) is 0 Å². The summed E-state index contributed by atoms with van der Waals surface area (Å²) >= 11 is 0. The second-order valence-corrected chi connectivity index (χ2v) is 5.02. The van der Waals surface area contributed by atoms with Crippen LogP contribution < -0.4 is 15.4 Å². The third kappa shape index (κ3) is 4.81. The maximum Gasteiger partial charge on any atom is 0.226 e. The minimum Gasteiger partial charge on any atom is -0.492 e. The van der Waals surface area contributed by atoms with E-state index in [0.29, 0.717) is 31.0 Å². The molecule has 0 aliphatic carbocycles. The summed E-state index contributed by atoms with van der Waals surface area (Å²) in [5.74, 6) is 0.664. The highest BCUT2D eigenvalue weighted by molar-refractivity contribution is 5.92. The van der Waals surface area contributed by atoms with E-state index in [9.17, 15) is 4.79 Å². The molecule has 4 nitrogen and oxygen atoms in total. The van der Waals surface area contributed by atoms with Gasteiger partial charge in [-0.05, 0) is 43.7 Å². The zero-order chi connectivity index (χ0) is 15.8. The summed E-state index contributed by atoms with van der Waals surface area (Å²) in [6, 6.07) is 15.6. The van der Waals surface area contributed by atoms with E-state index < -0.39 is 0 Å². The molecule has 0 fully saturated rings. The fourth-order valence-corrected chi connectivity index (χ4v) is 2.14. The van der Waals surface area contributed by atoms with Gasteiger partial charge in [0.1, 0.15) is 5.75 Å². The number of nitrogens with one attached hydrogen (secondary N) is 2. The molecule has 0 bridgehead atoms. The Morgan fingerprint density at radius 2 is 1.95 bits per heavy atom. The van der Waals surface area contributed by atoms with Crippen molar-refractivity contribution in [3.05, 3.63) is 54.1 Å². The minimum atomic E-state index is -0.0349. The average molecular weight is 298 g/mol. The van der Waals surface area contributed by atoms with E-state index in [1.165, 1.54) is 5.56 Å².